The molecule has 2 atom stereocenters. The van der Waals surface area contributed by atoms with E-state index in [9.17, 15) is 9.59 Å². The maximum absolute atomic E-state index is 12.0. The third-order valence-electron chi connectivity index (χ3n) is 4.33. The number of carbonyl (C=O) groups excluding carboxylic acids is 2. The third-order valence-corrected chi connectivity index (χ3v) is 4.59. The molecule has 1 fully saturated rings. The van der Waals surface area contributed by atoms with Crippen molar-refractivity contribution in [2.45, 2.75) is 38.3 Å². The number of carbonyl (C=O) groups is 2. The molecule has 0 aliphatic heterocycles. The van der Waals surface area contributed by atoms with Gasteiger partial charge in [0.15, 0.2) is 0 Å². The molecule has 2 rings (SSSR count). The number of benzene rings is 1. The summed E-state index contributed by atoms with van der Waals surface area (Å²) >= 11 is 5.81. The van der Waals surface area contributed by atoms with E-state index < -0.39 is 0 Å². The van der Waals surface area contributed by atoms with Crippen LogP contribution in [0.5, 0.6) is 0 Å². The standard InChI is InChI=1S/C17H25ClN4O2/c18-14-7-5-12(6-8-14)10-20-17(24)21-11-16(23)22-15-4-2-1-3-13(15)9-19/h5-8,13,15H,1-4,9-11,19H2,(H,22,23)(H2,20,21,24). The molecule has 132 valence electrons. The normalized spacial score (nSPS) is 20.2. The van der Waals surface area contributed by atoms with Crippen molar-refractivity contribution in [3.8, 4) is 0 Å². The number of hydrogen-bond acceptors (Lipinski definition) is 3. The van der Waals surface area contributed by atoms with Crippen molar-refractivity contribution in [3.05, 3.63) is 34.9 Å². The number of nitrogens with one attached hydrogen (secondary N) is 3. The molecule has 0 heterocycles. The van der Waals surface area contributed by atoms with Crippen LogP contribution in [0.25, 0.3) is 0 Å². The number of halogens is 1. The monoisotopic (exact) mass is 352 g/mol. The minimum atomic E-state index is -0.376. The molecular formula is C17H25ClN4O2. The van der Waals surface area contributed by atoms with Crippen LogP contribution in [0.4, 0.5) is 4.79 Å². The van der Waals surface area contributed by atoms with Gasteiger partial charge in [-0.25, -0.2) is 4.79 Å². The average Bonchev–Trinajstić information content (AvgIpc) is 2.60. The van der Waals surface area contributed by atoms with Gasteiger partial charge in [0.2, 0.25) is 5.91 Å². The Bertz CT molecular complexity index is 550. The molecule has 7 heteroatoms. The Morgan fingerprint density at radius 1 is 1.12 bits per heavy atom. The molecule has 0 spiro atoms. The molecule has 1 aliphatic carbocycles. The summed E-state index contributed by atoms with van der Waals surface area (Å²) < 4.78 is 0. The van der Waals surface area contributed by atoms with Crippen LogP contribution in [0.1, 0.15) is 31.2 Å². The lowest BCUT2D eigenvalue weighted by Crippen LogP contribution is -2.49. The van der Waals surface area contributed by atoms with Crippen molar-refractivity contribution < 1.29 is 9.59 Å². The average molecular weight is 353 g/mol. The predicted molar refractivity (Wildman–Crippen MR) is 94.6 cm³/mol. The summed E-state index contributed by atoms with van der Waals surface area (Å²) in [4.78, 5) is 23.7. The zero-order valence-electron chi connectivity index (χ0n) is 13.7. The lowest BCUT2D eigenvalue weighted by atomic mass is 9.84. The first-order valence-corrected chi connectivity index (χ1v) is 8.72. The molecule has 5 N–H and O–H groups in total. The molecule has 2 unspecified atom stereocenters. The maximum atomic E-state index is 12.0. The van der Waals surface area contributed by atoms with E-state index >= 15 is 0 Å². The Morgan fingerprint density at radius 3 is 2.54 bits per heavy atom. The number of rotatable bonds is 6. The Kier molecular flexibility index (Phi) is 7.34. The first kappa shape index (κ1) is 18.5. The van der Waals surface area contributed by atoms with Crippen LogP contribution >= 0.6 is 11.6 Å². The van der Waals surface area contributed by atoms with Gasteiger partial charge in [-0.2, -0.15) is 0 Å². The minimum Gasteiger partial charge on any atom is -0.352 e. The van der Waals surface area contributed by atoms with Gasteiger partial charge < -0.3 is 21.7 Å². The van der Waals surface area contributed by atoms with Crippen LogP contribution in [-0.4, -0.2) is 31.1 Å². The van der Waals surface area contributed by atoms with Gasteiger partial charge in [0.05, 0.1) is 6.54 Å². The van der Waals surface area contributed by atoms with Crippen molar-refractivity contribution in [3.63, 3.8) is 0 Å². The topological polar surface area (TPSA) is 96.2 Å². The van der Waals surface area contributed by atoms with Crippen molar-refractivity contribution in [1.29, 1.82) is 0 Å². The molecular weight excluding hydrogens is 328 g/mol. The van der Waals surface area contributed by atoms with Gasteiger partial charge in [-0.3, -0.25) is 4.79 Å². The minimum absolute atomic E-state index is 0.0414. The highest BCUT2D eigenvalue weighted by molar-refractivity contribution is 6.30. The number of amides is 3. The first-order chi connectivity index (χ1) is 11.6. The summed E-state index contributed by atoms with van der Waals surface area (Å²) in [5.41, 5.74) is 6.69. The van der Waals surface area contributed by atoms with E-state index in [1.807, 2.05) is 12.1 Å². The number of hydrogen-bond donors (Lipinski definition) is 4. The molecule has 6 nitrogen and oxygen atoms in total. The molecule has 0 aromatic heterocycles. The van der Waals surface area contributed by atoms with Crippen molar-refractivity contribution in [2.24, 2.45) is 11.7 Å². The highest BCUT2D eigenvalue weighted by Crippen LogP contribution is 2.23. The summed E-state index contributed by atoms with van der Waals surface area (Å²) in [7, 11) is 0. The smallest absolute Gasteiger partial charge is 0.315 e. The zero-order chi connectivity index (χ0) is 17.4. The first-order valence-electron chi connectivity index (χ1n) is 8.34. The van der Waals surface area contributed by atoms with Crippen LogP contribution in [0, 0.1) is 5.92 Å². The highest BCUT2D eigenvalue weighted by Gasteiger charge is 2.25. The highest BCUT2D eigenvalue weighted by atomic mass is 35.5. The van der Waals surface area contributed by atoms with E-state index in [2.05, 4.69) is 16.0 Å². The second-order valence-electron chi connectivity index (χ2n) is 6.12. The maximum Gasteiger partial charge on any atom is 0.315 e. The quantitative estimate of drug-likeness (QED) is 0.628. The fourth-order valence-electron chi connectivity index (χ4n) is 2.95. The molecule has 3 amide bonds. The number of nitrogens with two attached hydrogens (primary N) is 1. The lowest BCUT2D eigenvalue weighted by molar-refractivity contribution is -0.121. The summed E-state index contributed by atoms with van der Waals surface area (Å²) in [5, 5.41) is 8.90. The summed E-state index contributed by atoms with van der Waals surface area (Å²) in [6, 6.07) is 6.95. The van der Waals surface area contributed by atoms with Gasteiger partial charge >= 0.3 is 6.03 Å². The molecule has 0 radical (unpaired) electrons. The van der Waals surface area contributed by atoms with E-state index in [0.29, 0.717) is 24.0 Å². The summed E-state index contributed by atoms with van der Waals surface area (Å²) in [5.74, 6) is 0.156. The fourth-order valence-corrected chi connectivity index (χ4v) is 3.07. The van der Waals surface area contributed by atoms with Gasteiger partial charge in [-0.05, 0) is 43.0 Å². The fraction of sp³-hybridized carbons (Fsp3) is 0.529. The van der Waals surface area contributed by atoms with E-state index in [0.717, 1.165) is 24.8 Å². The Morgan fingerprint density at radius 2 is 1.83 bits per heavy atom. The van der Waals surface area contributed by atoms with Crippen LogP contribution in [0.3, 0.4) is 0 Å². The van der Waals surface area contributed by atoms with Gasteiger partial charge in [-0.1, -0.05) is 36.6 Å². The van der Waals surface area contributed by atoms with Crippen LogP contribution in [0.15, 0.2) is 24.3 Å². The van der Waals surface area contributed by atoms with Crippen molar-refractivity contribution >= 4 is 23.5 Å². The number of urea groups is 1. The Balaban J connectivity index is 1.67. The molecule has 1 aromatic rings. The van der Waals surface area contributed by atoms with Gasteiger partial charge in [0.25, 0.3) is 0 Å². The van der Waals surface area contributed by atoms with E-state index in [1.165, 1.54) is 6.42 Å². The second kappa shape index (κ2) is 9.49. The largest absolute Gasteiger partial charge is 0.352 e. The molecule has 1 aliphatic rings. The van der Waals surface area contributed by atoms with Gasteiger partial charge in [0.1, 0.15) is 0 Å². The van der Waals surface area contributed by atoms with Crippen LogP contribution in [0.2, 0.25) is 5.02 Å². The van der Waals surface area contributed by atoms with Gasteiger partial charge in [-0.15, -0.1) is 0 Å². The van der Waals surface area contributed by atoms with Crippen molar-refractivity contribution in [2.75, 3.05) is 13.1 Å². The lowest BCUT2D eigenvalue weighted by Gasteiger charge is -2.31. The second-order valence-corrected chi connectivity index (χ2v) is 6.55. The summed E-state index contributed by atoms with van der Waals surface area (Å²) in [6.07, 6.45) is 4.28. The Labute approximate surface area is 147 Å². The Hall–Kier alpha value is -1.79. The van der Waals surface area contributed by atoms with E-state index in [1.54, 1.807) is 12.1 Å². The van der Waals surface area contributed by atoms with Crippen LogP contribution < -0.4 is 21.7 Å². The molecule has 1 saturated carbocycles. The van der Waals surface area contributed by atoms with E-state index in [4.69, 9.17) is 17.3 Å². The SMILES string of the molecule is NCC1CCCCC1NC(=O)CNC(=O)NCc1ccc(Cl)cc1. The predicted octanol–water partition coefficient (Wildman–Crippen LogP) is 1.77. The zero-order valence-corrected chi connectivity index (χ0v) is 14.4. The van der Waals surface area contributed by atoms with E-state index in [-0.39, 0.29) is 24.5 Å². The molecule has 0 saturated heterocycles. The summed E-state index contributed by atoms with van der Waals surface area (Å²) in [6.45, 7) is 0.919. The van der Waals surface area contributed by atoms with Crippen molar-refractivity contribution in [1.82, 2.24) is 16.0 Å². The molecule has 24 heavy (non-hydrogen) atoms. The molecule has 1 aromatic carbocycles. The third kappa shape index (κ3) is 6.02. The molecule has 0 bridgehead atoms. The van der Waals surface area contributed by atoms with Crippen LogP contribution in [-0.2, 0) is 11.3 Å². The van der Waals surface area contributed by atoms with Gasteiger partial charge in [0, 0.05) is 17.6 Å².